The molecule has 132 valence electrons. The SMILES string of the molecule is CCCc1cc(C(=O)O[C@@H](C(=O)NC2CC2)c2ccccc2)sc1C. The second-order valence-electron chi connectivity index (χ2n) is 6.42. The fourth-order valence-electron chi connectivity index (χ4n) is 2.71. The average Bonchev–Trinajstić information content (AvgIpc) is 3.35. The molecule has 1 aliphatic carbocycles. The second-order valence-corrected chi connectivity index (χ2v) is 7.68. The smallest absolute Gasteiger partial charge is 0.349 e. The molecule has 1 aromatic heterocycles. The minimum absolute atomic E-state index is 0.220. The molecule has 25 heavy (non-hydrogen) atoms. The molecule has 0 spiro atoms. The second kappa shape index (κ2) is 7.83. The first-order chi connectivity index (χ1) is 12.1. The van der Waals surface area contributed by atoms with E-state index >= 15 is 0 Å². The van der Waals surface area contributed by atoms with E-state index in [1.54, 1.807) is 0 Å². The Bertz CT molecular complexity index is 750. The molecule has 1 saturated carbocycles. The predicted molar refractivity (Wildman–Crippen MR) is 98.8 cm³/mol. The van der Waals surface area contributed by atoms with Gasteiger partial charge in [-0.1, -0.05) is 43.7 Å². The summed E-state index contributed by atoms with van der Waals surface area (Å²) in [6.45, 7) is 4.13. The minimum Gasteiger partial charge on any atom is -0.443 e. The summed E-state index contributed by atoms with van der Waals surface area (Å²) in [6.07, 6.45) is 3.05. The monoisotopic (exact) mass is 357 g/mol. The van der Waals surface area contributed by atoms with Crippen LogP contribution in [0.25, 0.3) is 0 Å². The molecule has 3 rings (SSSR count). The molecule has 1 aromatic carbocycles. The summed E-state index contributed by atoms with van der Waals surface area (Å²) in [5.74, 6) is -0.681. The van der Waals surface area contributed by atoms with Crippen molar-refractivity contribution in [1.82, 2.24) is 5.32 Å². The molecule has 0 unspecified atom stereocenters. The summed E-state index contributed by atoms with van der Waals surface area (Å²) in [4.78, 5) is 26.9. The Morgan fingerprint density at radius 2 is 2.00 bits per heavy atom. The normalized spacial score (nSPS) is 14.8. The van der Waals surface area contributed by atoms with Gasteiger partial charge in [0.15, 0.2) is 0 Å². The van der Waals surface area contributed by atoms with E-state index in [-0.39, 0.29) is 11.9 Å². The topological polar surface area (TPSA) is 55.4 Å². The number of amides is 1. The van der Waals surface area contributed by atoms with Crippen molar-refractivity contribution in [3.05, 3.63) is 57.3 Å². The molecule has 0 saturated heterocycles. The fourth-order valence-corrected chi connectivity index (χ4v) is 3.66. The third kappa shape index (κ3) is 4.48. The first-order valence-electron chi connectivity index (χ1n) is 8.74. The van der Waals surface area contributed by atoms with Crippen LogP contribution in [0.2, 0.25) is 0 Å². The lowest BCUT2D eigenvalue weighted by atomic mass is 10.1. The summed E-state index contributed by atoms with van der Waals surface area (Å²) in [5.41, 5.74) is 1.87. The number of benzene rings is 1. The lowest BCUT2D eigenvalue weighted by Crippen LogP contribution is -2.33. The number of rotatable bonds is 7. The van der Waals surface area contributed by atoms with Crippen LogP contribution in [-0.4, -0.2) is 17.9 Å². The molecule has 1 aliphatic rings. The van der Waals surface area contributed by atoms with Gasteiger partial charge < -0.3 is 10.1 Å². The predicted octanol–water partition coefficient (Wildman–Crippen LogP) is 4.19. The number of hydrogen-bond acceptors (Lipinski definition) is 4. The van der Waals surface area contributed by atoms with Crippen molar-refractivity contribution in [2.75, 3.05) is 0 Å². The first-order valence-corrected chi connectivity index (χ1v) is 9.55. The van der Waals surface area contributed by atoms with E-state index in [0.29, 0.717) is 10.4 Å². The van der Waals surface area contributed by atoms with Crippen LogP contribution in [0, 0.1) is 6.92 Å². The van der Waals surface area contributed by atoms with Crippen molar-refractivity contribution in [2.45, 2.75) is 51.7 Å². The summed E-state index contributed by atoms with van der Waals surface area (Å²) in [5, 5.41) is 2.93. The van der Waals surface area contributed by atoms with Gasteiger partial charge >= 0.3 is 5.97 Å². The van der Waals surface area contributed by atoms with Gasteiger partial charge in [0.05, 0.1) is 0 Å². The van der Waals surface area contributed by atoms with Crippen LogP contribution in [0.5, 0.6) is 0 Å². The number of nitrogens with one attached hydrogen (secondary N) is 1. The first kappa shape index (κ1) is 17.7. The van der Waals surface area contributed by atoms with Gasteiger partial charge in [-0.3, -0.25) is 4.79 Å². The Morgan fingerprint density at radius 3 is 2.64 bits per heavy atom. The molecule has 0 bridgehead atoms. The van der Waals surface area contributed by atoms with Crippen LogP contribution in [0.15, 0.2) is 36.4 Å². The molecule has 1 fully saturated rings. The van der Waals surface area contributed by atoms with E-state index in [9.17, 15) is 9.59 Å². The number of carbonyl (C=O) groups is 2. The highest BCUT2D eigenvalue weighted by Crippen LogP contribution is 2.27. The number of aryl methyl sites for hydroxylation is 2. The van der Waals surface area contributed by atoms with Gasteiger partial charge in [0.2, 0.25) is 6.10 Å². The van der Waals surface area contributed by atoms with Crippen molar-refractivity contribution < 1.29 is 14.3 Å². The van der Waals surface area contributed by atoms with E-state index in [1.165, 1.54) is 16.9 Å². The molecule has 0 radical (unpaired) electrons. The van der Waals surface area contributed by atoms with Gasteiger partial charge in [0.1, 0.15) is 4.88 Å². The molecule has 4 nitrogen and oxygen atoms in total. The molecular formula is C20H23NO3S. The van der Waals surface area contributed by atoms with Crippen molar-refractivity contribution >= 4 is 23.2 Å². The largest absolute Gasteiger partial charge is 0.443 e. The van der Waals surface area contributed by atoms with Gasteiger partial charge in [0.25, 0.3) is 5.91 Å². The maximum atomic E-state index is 12.6. The molecule has 1 heterocycles. The lowest BCUT2D eigenvalue weighted by Gasteiger charge is -2.17. The third-order valence-corrected chi connectivity index (χ3v) is 5.30. The van der Waals surface area contributed by atoms with Crippen molar-refractivity contribution in [2.24, 2.45) is 0 Å². The highest BCUT2D eigenvalue weighted by molar-refractivity contribution is 7.14. The maximum Gasteiger partial charge on any atom is 0.349 e. The molecule has 0 aliphatic heterocycles. The molecular weight excluding hydrogens is 334 g/mol. The Kier molecular flexibility index (Phi) is 5.53. The van der Waals surface area contributed by atoms with Gasteiger partial charge in [-0.05, 0) is 37.8 Å². The molecule has 1 atom stereocenters. The summed E-state index contributed by atoms with van der Waals surface area (Å²) < 4.78 is 5.62. The van der Waals surface area contributed by atoms with Crippen molar-refractivity contribution in [1.29, 1.82) is 0 Å². The van der Waals surface area contributed by atoms with Crippen molar-refractivity contribution in [3.63, 3.8) is 0 Å². The summed E-state index contributed by atoms with van der Waals surface area (Å²) in [6, 6.07) is 11.3. The van der Waals surface area contributed by atoms with Crippen LogP contribution >= 0.6 is 11.3 Å². The van der Waals surface area contributed by atoms with Crippen LogP contribution in [-0.2, 0) is 16.0 Å². The number of hydrogen-bond donors (Lipinski definition) is 1. The van der Waals surface area contributed by atoms with Crippen LogP contribution < -0.4 is 5.32 Å². The Balaban J connectivity index is 1.78. The number of thiophene rings is 1. The molecule has 5 heteroatoms. The highest BCUT2D eigenvalue weighted by atomic mass is 32.1. The Labute approximate surface area is 152 Å². The molecule has 1 N–H and O–H groups in total. The van der Waals surface area contributed by atoms with Gasteiger partial charge in [-0.25, -0.2) is 4.79 Å². The Morgan fingerprint density at radius 1 is 1.28 bits per heavy atom. The van der Waals surface area contributed by atoms with Gasteiger partial charge in [-0.2, -0.15) is 0 Å². The van der Waals surface area contributed by atoms with Gasteiger partial charge in [-0.15, -0.1) is 11.3 Å². The average molecular weight is 357 g/mol. The van der Waals surface area contributed by atoms with Crippen LogP contribution in [0.1, 0.15) is 58.0 Å². The zero-order valence-electron chi connectivity index (χ0n) is 14.6. The minimum atomic E-state index is -0.911. The number of carbonyl (C=O) groups excluding carboxylic acids is 2. The molecule has 1 amide bonds. The molecule has 2 aromatic rings. The zero-order valence-corrected chi connectivity index (χ0v) is 15.4. The number of esters is 1. The summed E-state index contributed by atoms with van der Waals surface area (Å²) >= 11 is 1.43. The van der Waals surface area contributed by atoms with Crippen molar-refractivity contribution in [3.8, 4) is 0 Å². The van der Waals surface area contributed by atoms with E-state index in [2.05, 4.69) is 12.2 Å². The van der Waals surface area contributed by atoms with E-state index in [1.807, 2.05) is 43.3 Å². The standard InChI is InChI=1S/C20H23NO3S/c1-3-7-15-12-17(25-13(15)2)20(23)24-18(14-8-5-4-6-9-14)19(22)21-16-10-11-16/h4-6,8-9,12,16,18H,3,7,10-11H2,1-2H3,(H,21,22)/t18-/m1/s1. The van der Waals surface area contributed by atoms with E-state index in [0.717, 1.165) is 30.6 Å². The number of ether oxygens (including phenoxy) is 1. The third-order valence-electron chi connectivity index (χ3n) is 4.23. The Hall–Kier alpha value is -2.14. The quantitative estimate of drug-likeness (QED) is 0.756. The fraction of sp³-hybridized carbons (Fsp3) is 0.400. The zero-order chi connectivity index (χ0) is 17.8. The van der Waals surface area contributed by atoms with Gasteiger partial charge in [0, 0.05) is 16.5 Å². The summed E-state index contributed by atoms with van der Waals surface area (Å²) in [7, 11) is 0. The lowest BCUT2D eigenvalue weighted by molar-refractivity contribution is -0.130. The van der Waals surface area contributed by atoms with E-state index in [4.69, 9.17) is 4.74 Å². The van der Waals surface area contributed by atoms with Crippen LogP contribution in [0.3, 0.4) is 0 Å². The van der Waals surface area contributed by atoms with E-state index < -0.39 is 12.1 Å². The highest BCUT2D eigenvalue weighted by Gasteiger charge is 2.31. The maximum absolute atomic E-state index is 12.6. The van der Waals surface area contributed by atoms with Crippen LogP contribution in [0.4, 0.5) is 0 Å².